The van der Waals surface area contributed by atoms with Gasteiger partial charge in [0.15, 0.2) is 0 Å². The Bertz CT molecular complexity index is 669. The van der Waals surface area contributed by atoms with Gasteiger partial charge in [-0.25, -0.2) is 0 Å². The monoisotopic (exact) mass is 369 g/mol. The highest BCUT2D eigenvalue weighted by Crippen LogP contribution is 2.36. The zero-order chi connectivity index (χ0) is 16.4. The summed E-state index contributed by atoms with van der Waals surface area (Å²) >= 11 is 13.0. The molecule has 1 aliphatic carbocycles. The maximum atomic E-state index is 12.5. The van der Waals surface area contributed by atoms with Crippen LogP contribution in [0.15, 0.2) is 23.1 Å². The first-order valence-electron chi connectivity index (χ1n) is 7.75. The molecule has 3 rings (SSSR count). The lowest BCUT2D eigenvalue weighted by molar-refractivity contribution is -0.123. The van der Waals surface area contributed by atoms with E-state index in [-0.39, 0.29) is 11.1 Å². The lowest BCUT2D eigenvalue weighted by Crippen LogP contribution is -2.34. The minimum Gasteiger partial charge on any atom is -0.268 e. The van der Waals surface area contributed by atoms with Gasteiger partial charge in [0, 0.05) is 16.6 Å². The molecular formula is C17H17Cl2NO2S. The molecule has 1 aromatic carbocycles. The van der Waals surface area contributed by atoms with Crippen LogP contribution in [0.4, 0.5) is 4.79 Å². The summed E-state index contributed by atoms with van der Waals surface area (Å²) in [5, 5.41) is 0.825. The summed E-state index contributed by atoms with van der Waals surface area (Å²) in [6, 6.07) is 5.09. The summed E-state index contributed by atoms with van der Waals surface area (Å²) in [7, 11) is 0. The van der Waals surface area contributed by atoms with Crippen LogP contribution in [0.25, 0.3) is 6.08 Å². The van der Waals surface area contributed by atoms with Crippen molar-refractivity contribution < 1.29 is 9.59 Å². The zero-order valence-corrected chi connectivity index (χ0v) is 14.9. The van der Waals surface area contributed by atoms with E-state index in [2.05, 4.69) is 0 Å². The molecule has 0 radical (unpaired) electrons. The first-order chi connectivity index (χ1) is 11.0. The molecule has 1 aliphatic heterocycles. The Morgan fingerprint density at radius 3 is 2.61 bits per heavy atom. The molecule has 1 saturated heterocycles. The Labute approximate surface area is 150 Å². The van der Waals surface area contributed by atoms with Crippen LogP contribution < -0.4 is 0 Å². The first-order valence-corrected chi connectivity index (χ1v) is 9.32. The van der Waals surface area contributed by atoms with Gasteiger partial charge in [-0.15, -0.1) is 0 Å². The summed E-state index contributed by atoms with van der Waals surface area (Å²) in [6.45, 7) is 0.538. The fourth-order valence-corrected chi connectivity index (χ4v) is 4.35. The van der Waals surface area contributed by atoms with Crippen LogP contribution in [0.3, 0.4) is 0 Å². The Balaban J connectivity index is 1.76. The highest BCUT2D eigenvalue weighted by atomic mass is 35.5. The van der Waals surface area contributed by atoms with Crippen molar-refractivity contribution in [3.05, 3.63) is 38.7 Å². The average molecular weight is 370 g/mol. The van der Waals surface area contributed by atoms with Crippen LogP contribution in [0.1, 0.15) is 37.7 Å². The van der Waals surface area contributed by atoms with Gasteiger partial charge in [0.2, 0.25) is 0 Å². The standard InChI is InChI=1S/C17H17Cl2NO2S/c18-13-7-6-12(14(19)9-13)8-15-16(21)20(17(22)23-15)10-11-4-2-1-3-5-11/h6-9,11H,1-5,10H2/b15-8+. The number of nitrogens with zero attached hydrogens (tertiary/aromatic N) is 1. The van der Waals surface area contributed by atoms with Crippen LogP contribution in [0.5, 0.6) is 0 Å². The highest BCUT2D eigenvalue weighted by molar-refractivity contribution is 8.18. The van der Waals surface area contributed by atoms with Gasteiger partial charge < -0.3 is 0 Å². The summed E-state index contributed by atoms with van der Waals surface area (Å²) in [5.41, 5.74) is 0.694. The molecule has 23 heavy (non-hydrogen) atoms. The summed E-state index contributed by atoms with van der Waals surface area (Å²) in [4.78, 5) is 26.5. The van der Waals surface area contributed by atoms with E-state index in [9.17, 15) is 9.59 Å². The number of halogens is 2. The second kappa shape index (κ2) is 7.29. The zero-order valence-electron chi connectivity index (χ0n) is 12.6. The maximum absolute atomic E-state index is 12.5. The maximum Gasteiger partial charge on any atom is 0.293 e. The fourth-order valence-electron chi connectivity index (χ4n) is 3.05. The van der Waals surface area contributed by atoms with Gasteiger partial charge in [-0.2, -0.15) is 0 Å². The topological polar surface area (TPSA) is 37.4 Å². The molecule has 1 heterocycles. The van der Waals surface area contributed by atoms with Crippen molar-refractivity contribution in [1.82, 2.24) is 4.90 Å². The Kier molecular flexibility index (Phi) is 5.34. The van der Waals surface area contributed by atoms with E-state index in [0.717, 1.165) is 24.6 Å². The minimum absolute atomic E-state index is 0.183. The molecule has 0 N–H and O–H groups in total. The third-order valence-corrected chi connectivity index (χ3v) is 5.76. The smallest absolute Gasteiger partial charge is 0.268 e. The number of amides is 2. The predicted octanol–water partition coefficient (Wildman–Crippen LogP) is 5.61. The van der Waals surface area contributed by atoms with Crippen LogP contribution >= 0.6 is 35.0 Å². The van der Waals surface area contributed by atoms with Crippen LogP contribution in [-0.2, 0) is 4.79 Å². The quantitative estimate of drug-likeness (QED) is 0.649. The summed E-state index contributed by atoms with van der Waals surface area (Å²) in [6.07, 6.45) is 7.51. The molecule has 0 atom stereocenters. The number of hydrogen-bond acceptors (Lipinski definition) is 3. The molecule has 122 valence electrons. The first kappa shape index (κ1) is 16.9. The molecule has 2 amide bonds. The molecule has 0 bridgehead atoms. The van der Waals surface area contributed by atoms with E-state index in [4.69, 9.17) is 23.2 Å². The molecule has 6 heteroatoms. The number of imide groups is 1. The second-order valence-corrected chi connectivity index (χ2v) is 7.80. The van der Waals surface area contributed by atoms with E-state index in [1.54, 1.807) is 24.3 Å². The molecule has 0 aromatic heterocycles. The number of rotatable bonds is 3. The molecule has 2 fully saturated rings. The third kappa shape index (κ3) is 3.93. The van der Waals surface area contributed by atoms with Crippen LogP contribution in [-0.4, -0.2) is 22.6 Å². The van der Waals surface area contributed by atoms with Gasteiger partial charge >= 0.3 is 0 Å². The van der Waals surface area contributed by atoms with E-state index in [1.165, 1.54) is 24.2 Å². The number of hydrogen-bond donors (Lipinski definition) is 0. The predicted molar refractivity (Wildman–Crippen MR) is 95.7 cm³/mol. The Morgan fingerprint density at radius 1 is 1.17 bits per heavy atom. The van der Waals surface area contributed by atoms with Gasteiger partial charge in [0.25, 0.3) is 11.1 Å². The molecule has 0 spiro atoms. The van der Waals surface area contributed by atoms with Gasteiger partial charge in [-0.05, 0) is 54.3 Å². The van der Waals surface area contributed by atoms with Crippen LogP contribution in [0, 0.1) is 5.92 Å². The lowest BCUT2D eigenvalue weighted by Gasteiger charge is -2.25. The summed E-state index contributed by atoms with van der Waals surface area (Å²) in [5.74, 6) is 0.229. The average Bonchev–Trinajstić information content (AvgIpc) is 2.79. The lowest BCUT2D eigenvalue weighted by atomic mass is 9.89. The molecule has 1 aromatic rings. The largest absolute Gasteiger partial charge is 0.293 e. The van der Waals surface area contributed by atoms with Gasteiger partial charge in [0.1, 0.15) is 0 Å². The van der Waals surface area contributed by atoms with Gasteiger partial charge in [-0.1, -0.05) is 48.5 Å². The number of thioether (sulfide) groups is 1. The Morgan fingerprint density at radius 2 is 1.91 bits per heavy atom. The molecular weight excluding hydrogens is 353 g/mol. The van der Waals surface area contributed by atoms with Crippen molar-refractivity contribution in [2.75, 3.05) is 6.54 Å². The highest BCUT2D eigenvalue weighted by Gasteiger charge is 2.36. The van der Waals surface area contributed by atoms with E-state index >= 15 is 0 Å². The van der Waals surface area contributed by atoms with Crippen LogP contribution in [0.2, 0.25) is 10.0 Å². The van der Waals surface area contributed by atoms with Crippen molar-refractivity contribution in [1.29, 1.82) is 0 Å². The van der Waals surface area contributed by atoms with Gasteiger partial charge in [-0.3, -0.25) is 14.5 Å². The van der Waals surface area contributed by atoms with E-state index < -0.39 is 0 Å². The molecule has 2 aliphatic rings. The number of benzene rings is 1. The molecule has 0 unspecified atom stereocenters. The number of carbonyl (C=O) groups excluding carboxylic acids is 2. The van der Waals surface area contributed by atoms with Crippen molar-refractivity contribution in [2.24, 2.45) is 5.92 Å². The Hall–Kier alpha value is -0.970. The van der Waals surface area contributed by atoms with E-state index in [1.807, 2.05) is 0 Å². The third-order valence-electron chi connectivity index (χ3n) is 4.29. The normalized spacial score (nSPS) is 21.5. The summed E-state index contributed by atoms with van der Waals surface area (Å²) < 4.78 is 0. The fraction of sp³-hybridized carbons (Fsp3) is 0.412. The molecule has 3 nitrogen and oxygen atoms in total. The van der Waals surface area contributed by atoms with E-state index in [0.29, 0.717) is 33.0 Å². The minimum atomic E-state index is -0.211. The second-order valence-electron chi connectivity index (χ2n) is 5.96. The SMILES string of the molecule is O=C1S/C(=C/c2ccc(Cl)cc2Cl)C(=O)N1CC1CCCCC1. The number of carbonyl (C=O) groups is 2. The van der Waals surface area contributed by atoms with Crippen molar-refractivity contribution in [3.8, 4) is 0 Å². The van der Waals surface area contributed by atoms with Crippen molar-refractivity contribution in [2.45, 2.75) is 32.1 Å². The van der Waals surface area contributed by atoms with Crippen molar-refractivity contribution in [3.63, 3.8) is 0 Å². The van der Waals surface area contributed by atoms with Crippen molar-refractivity contribution >= 4 is 52.2 Å². The molecule has 1 saturated carbocycles. The van der Waals surface area contributed by atoms with Gasteiger partial charge in [0.05, 0.1) is 4.91 Å².